The van der Waals surface area contributed by atoms with Gasteiger partial charge in [0.25, 0.3) is 0 Å². The van der Waals surface area contributed by atoms with E-state index in [0.717, 1.165) is 21.5 Å². The molecule has 0 aliphatic rings. The van der Waals surface area contributed by atoms with Crippen molar-refractivity contribution in [2.75, 3.05) is 0 Å². The molecule has 0 bridgehead atoms. The molecule has 0 fully saturated rings. The van der Waals surface area contributed by atoms with Crippen molar-refractivity contribution in [1.82, 2.24) is 5.32 Å². The van der Waals surface area contributed by atoms with Crippen molar-refractivity contribution in [2.45, 2.75) is 20.0 Å². The van der Waals surface area contributed by atoms with Crippen molar-refractivity contribution >= 4 is 27.3 Å². The third-order valence-electron chi connectivity index (χ3n) is 2.56. The van der Waals surface area contributed by atoms with E-state index in [9.17, 15) is 5.11 Å². The molecule has 0 amide bonds. The lowest BCUT2D eigenvalue weighted by Crippen LogP contribution is -2.11. The Bertz CT molecular complexity index is 510. The number of benzene rings is 1. The van der Waals surface area contributed by atoms with Crippen LogP contribution in [0.3, 0.4) is 0 Å². The summed E-state index contributed by atoms with van der Waals surface area (Å²) in [6.07, 6.45) is 0. The lowest BCUT2D eigenvalue weighted by atomic mass is 10.1. The van der Waals surface area contributed by atoms with E-state index in [-0.39, 0.29) is 0 Å². The van der Waals surface area contributed by atoms with Crippen molar-refractivity contribution in [2.24, 2.45) is 0 Å². The molecule has 1 heterocycles. The third kappa shape index (κ3) is 3.31. The van der Waals surface area contributed by atoms with Gasteiger partial charge >= 0.3 is 0 Å². The van der Waals surface area contributed by atoms with Crippen molar-refractivity contribution in [3.05, 3.63) is 50.1 Å². The minimum atomic E-state index is 0.396. The largest absolute Gasteiger partial charge is 0.507 e. The van der Waals surface area contributed by atoms with Crippen molar-refractivity contribution in [1.29, 1.82) is 0 Å². The summed E-state index contributed by atoms with van der Waals surface area (Å²) in [5.41, 5.74) is 1.86. The summed E-state index contributed by atoms with van der Waals surface area (Å²) in [5.74, 6) is 0.396. The normalized spacial score (nSPS) is 10.7. The first kappa shape index (κ1) is 12.6. The highest BCUT2D eigenvalue weighted by atomic mass is 79.9. The van der Waals surface area contributed by atoms with Gasteiger partial charge in [-0.3, -0.25) is 0 Å². The Morgan fingerprint density at radius 1 is 1.24 bits per heavy atom. The molecular weight excluding hydrogens is 298 g/mol. The van der Waals surface area contributed by atoms with E-state index in [1.165, 1.54) is 4.88 Å². The Morgan fingerprint density at radius 2 is 2.06 bits per heavy atom. The SMILES string of the molecule is Cc1cccc(CNCc2ccc(Br)s2)c1O. The molecule has 1 aromatic heterocycles. The molecule has 2 rings (SSSR count). The number of hydrogen-bond donors (Lipinski definition) is 2. The van der Waals surface area contributed by atoms with Crippen LogP contribution in [0, 0.1) is 6.92 Å². The van der Waals surface area contributed by atoms with Crippen molar-refractivity contribution in [3.63, 3.8) is 0 Å². The number of phenols is 1. The maximum atomic E-state index is 9.85. The highest BCUT2D eigenvalue weighted by Crippen LogP contribution is 2.23. The van der Waals surface area contributed by atoms with Gasteiger partial charge < -0.3 is 10.4 Å². The first-order valence-electron chi connectivity index (χ1n) is 5.39. The fourth-order valence-corrected chi connectivity index (χ4v) is 3.08. The average molecular weight is 312 g/mol. The molecule has 2 nitrogen and oxygen atoms in total. The van der Waals surface area contributed by atoms with Gasteiger partial charge in [-0.25, -0.2) is 0 Å². The van der Waals surface area contributed by atoms with Crippen LogP contribution in [0.4, 0.5) is 0 Å². The highest BCUT2D eigenvalue weighted by Gasteiger charge is 2.03. The van der Waals surface area contributed by atoms with Gasteiger partial charge in [0, 0.05) is 23.5 Å². The molecule has 0 spiro atoms. The van der Waals surface area contributed by atoms with Gasteiger partial charge in [-0.1, -0.05) is 18.2 Å². The van der Waals surface area contributed by atoms with Crippen LogP contribution < -0.4 is 5.32 Å². The zero-order valence-corrected chi connectivity index (χ0v) is 11.9. The molecule has 17 heavy (non-hydrogen) atoms. The number of aromatic hydroxyl groups is 1. The molecule has 1 aromatic carbocycles. The molecule has 0 aliphatic heterocycles. The second-order valence-corrected chi connectivity index (χ2v) is 6.44. The van der Waals surface area contributed by atoms with Crippen LogP contribution in [0.1, 0.15) is 16.0 Å². The van der Waals surface area contributed by atoms with Gasteiger partial charge in [-0.05, 0) is 40.5 Å². The maximum absolute atomic E-state index is 9.85. The summed E-state index contributed by atoms with van der Waals surface area (Å²) in [6, 6.07) is 9.96. The van der Waals surface area contributed by atoms with E-state index in [2.05, 4.69) is 27.3 Å². The Morgan fingerprint density at radius 3 is 2.76 bits per heavy atom. The number of thiophene rings is 1. The highest BCUT2D eigenvalue weighted by molar-refractivity contribution is 9.11. The number of aryl methyl sites for hydroxylation is 1. The van der Waals surface area contributed by atoms with Crippen molar-refractivity contribution in [3.8, 4) is 5.75 Å². The monoisotopic (exact) mass is 311 g/mol. The number of para-hydroxylation sites is 1. The van der Waals surface area contributed by atoms with Crippen LogP contribution in [0.5, 0.6) is 5.75 Å². The lowest BCUT2D eigenvalue weighted by Gasteiger charge is -2.07. The van der Waals surface area contributed by atoms with Gasteiger partial charge in [-0.2, -0.15) is 0 Å². The zero-order chi connectivity index (χ0) is 12.3. The standard InChI is InChI=1S/C13H14BrNOS/c1-9-3-2-4-10(13(9)16)7-15-8-11-5-6-12(14)17-11/h2-6,15-16H,7-8H2,1H3. The van der Waals surface area contributed by atoms with E-state index in [1.54, 1.807) is 11.3 Å². The summed E-state index contributed by atoms with van der Waals surface area (Å²) in [7, 11) is 0. The predicted molar refractivity (Wildman–Crippen MR) is 75.4 cm³/mol. The molecule has 0 saturated carbocycles. The second kappa shape index (κ2) is 5.67. The zero-order valence-electron chi connectivity index (χ0n) is 9.53. The molecule has 0 radical (unpaired) electrons. The molecular formula is C13H14BrNOS. The number of hydrogen-bond acceptors (Lipinski definition) is 3. The summed E-state index contributed by atoms with van der Waals surface area (Å²) in [4.78, 5) is 1.28. The topological polar surface area (TPSA) is 32.3 Å². The van der Waals surface area contributed by atoms with Crippen LogP contribution in [0.2, 0.25) is 0 Å². The summed E-state index contributed by atoms with van der Waals surface area (Å²) in [5, 5.41) is 13.2. The van der Waals surface area contributed by atoms with Crippen LogP contribution in [0.15, 0.2) is 34.1 Å². The first-order chi connectivity index (χ1) is 8.16. The first-order valence-corrected chi connectivity index (χ1v) is 7.00. The third-order valence-corrected chi connectivity index (χ3v) is 4.19. The quantitative estimate of drug-likeness (QED) is 0.899. The molecule has 2 N–H and O–H groups in total. The van der Waals surface area contributed by atoms with Crippen molar-refractivity contribution < 1.29 is 5.11 Å². The van der Waals surface area contributed by atoms with E-state index in [0.29, 0.717) is 12.3 Å². The fourth-order valence-electron chi connectivity index (χ4n) is 1.63. The molecule has 90 valence electrons. The minimum Gasteiger partial charge on any atom is -0.507 e. The lowest BCUT2D eigenvalue weighted by molar-refractivity contribution is 0.460. The Kier molecular flexibility index (Phi) is 4.20. The summed E-state index contributed by atoms with van der Waals surface area (Å²) in [6.45, 7) is 3.42. The molecule has 0 unspecified atom stereocenters. The van der Waals surface area contributed by atoms with E-state index >= 15 is 0 Å². The second-order valence-electron chi connectivity index (χ2n) is 3.89. The Hall–Kier alpha value is -0.840. The van der Waals surface area contributed by atoms with Gasteiger partial charge in [0.2, 0.25) is 0 Å². The number of nitrogens with one attached hydrogen (secondary N) is 1. The summed E-state index contributed by atoms with van der Waals surface area (Å²) < 4.78 is 1.15. The van der Waals surface area contributed by atoms with Crippen LogP contribution in [-0.4, -0.2) is 5.11 Å². The van der Waals surface area contributed by atoms with Gasteiger partial charge in [0.15, 0.2) is 0 Å². The van der Waals surface area contributed by atoms with Crippen LogP contribution in [0.25, 0.3) is 0 Å². The van der Waals surface area contributed by atoms with Gasteiger partial charge in [0.1, 0.15) is 5.75 Å². The predicted octanol–water partition coefficient (Wildman–Crippen LogP) is 3.81. The van der Waals surface area contributed by atoms with Gasteiger partial charge in [0.05, 0.1) is 3.79 Å². The van der Waals surface area contributed by atoms with Gasteiger partial charge in [-0.15, -0.1) is 11.3 Å². The Balaban J connectivity index is 1.92. The van der Waals surface area contributed by atoms with Crippen LogP contribution in [-0.2, 0) is 13.1 Å². The smallest absolute Gasteiger partial charge is 0.122 e. The fraction of sp³-hybridized carbons (Fsp3) is 0.231. The molecule has 0 saturated heterocycles. The van der Waals surface area contributed by atoms with E-state index < -0.39 is 0 Å². The Labute approximate surface area is 113 Å². The number of phenolic OH excluding ortho intramolecular Hbond substituents is 1. The molecule has 0 atom stereocenters. The number of rotatable bonds is 4. The number of halogens is 1. The molecule has 4 heteroatoms. The van der Waals surface area contributed by atoms with Crippen LogP contribution >= 0.6 is 27.3 Å². The molecule has 0 aliphatic carbocycles. The maximum Gasteiger partial charge on any atom is 0.122 e. The van der Waals surface area contributed by atoms with E-state index in [4.69, 9.17) is 0 Å². The summed E-state index contributed by atoms with van der Waals surface area (Å²) >= 11 is 5.16. The molecule has 2 aromatic rings. The minimum absolute atomic E-state index is 0.396. The average Bonchev–Trinajstić information content (AvgIpc) is 2.70. The van der Waals surface area contributed by atoms with E-state index in [1.807, 2.05) is 31.2 Å².